The van der Waals surface area contributed by atoms with Crippen LogP contribution in [0.3, 0.4) is 0 Å². The summed E-state index contributed by atoms with van der Waals surface area (Å²) < 4.78 is 1.21. The molecule has 2 aliphatic heterocycles. The minimum atomic E-state index is -1.54. The van der Waals surface area contributed by atoms with Crippen molar-refractivity contribution in [3.63, 3.8) is 0 Å². The lowest BCUT2D eigenvalue weighted by Crippen LogP contribution is -2.71. The SMILES string of the molecule is O=C(O)C1=C(CSc2nn[nH]n2)CSC2C(NC(=O)C(C(=O)O)n3cccc3)C(=O)N12. The van der Waals surface area contributed by atoms with Crippen molar-refractivity contribution in [1.82, 2.24) is 35.4 Å². The van der Waals surface area contributed by atoms with Gasteiger partial charge in [-0.3, -0.25) is 14.5 Å². The Bertz CT molecular complexity index is 1050. The lowest BCUT2D eigenvalue weighted by atomic mass is 10.0. The number of rotatable bonds is 8. The van der Waals surface area contributed by atoms with Gasteiger partial charge in [0.2, 0.25) is 11.2 Å². The molecule has 0 aromatic carbocycles. The van der Waals surface area contributed by atoms with Crippen molar-refractivity contribution >= 4 is 47.3 Å². The van der Waals surface area contributed by atoms with E-state index in [-0.39, 0.29) is 11.4 Å². The summed E-state index contributed by atoms with van der Waals surface area (Å²) in [6, 6.07) is 0.598. The van der Waals surface area contributed by atoms with Gasteiger partial charge in [0.05, 0.1) is 0 Å². The number of aliphatic carboxylic acids is 2. The number of tetrazole rings is 1. The number of carboxylic acids is 2. The average molecular weight is 465 g/mol. The number of nitrogens with one attached hydrogen (secondary N) is 2. The van der Waals surface area contributed by atoms with Crippen LogP contribution in [-0.4, -0.2) is 87.0 Å². The highest BCUT2D eigenvalue weighted by molar-refractivity contribution is 8.01. The van der Waals surface area contributed by atoms with E-state index in [2.05, 4.69) is 25.9 Å². The molecular formula is C16H15N7O6S2. The number of H-pyrrole nitrogens is 1. The minimum absolute atomic E-state index is 0.143. The number of carbonyl (C=O) groups excluding carboxylic acids is 2. The van der Waals surface area contributed by atoms with E-state index in [9.17, 15) is 29.4 Å². The van der Waals surface area contributed by atoms with Crippen molar-refractivity contribution in [2.45, 2.75) is 22.6 Å². The molecule has 0 radical (unpaired) electrons. The Morgan fingerprint density at radius 1 is 1.32 bits per heavy atom. The molecule has 1 fully saturated rings. The minimum Gasteiger partial charge on any atom is -0.479 e. The summed E-state index contributed by atoms with van der Waals surface area (Å²) in [6.45, 7) is 0. The maximum absolute atomic E-state index is 12.7. The first kappa shape index (κ1) is 20.9. The molecule has 0 spiro atoms. The van der Waals surface area contributed by atoms with Crippen LogP contribution in [0.15, 0.2) is 41.0 Å². The Balaban J connectivity index is 1.49. The number of hydrogen-bond donors (Lipinski definition) is 4. The van der Waals surface area contributed by atoms with E-state index in [1.54, 1.807) is 12.1 Å². The van der Waals surface area contributed by atoms with Crippen molar-refractivity contribution in [3.8, 4) is 0 Å². The van der Waals surface area contributed by atoms with Crippen LogP contribution in [0.25, 0.3) is 0 Å². The molecule has 2 aromatic heterocycles. The van der Waals surface area contributed by atoms with Crippen LogP contribution in [-0.2, 0) is 19.2 Å². The fraction of sp³-hybridized carbons (Fsp3) is 0.312. The number of aromatic nitrogens is 5. The van der Waals surface area contributed by atoms with Crippen LogP contribution < -0.4 is 5.32 Å². The average Bonchev–Trinajstić information content (AvgIpc) is 3.43. The number of carboxylic acid groups (broad SMARTS) is 2. The van der Waals surface area contributed by atoms with Crippen molar-refractivity contribution in [1.29, 1.82) is 0 Å². The summed E-state index contributed by atoms with van der Waals surface area (Å²) >= 11 is 2.46. The summed E-state index contributed by atoms with van der Waals surface area (Å²) in [5.74, 6) is -3.55. The van der Waals surface area contributed by atoms with Gasteiger partial charge in [0.25, 0.3) is 11.8 Å². The number of nitrogens with zero attached hydrogens (tertiary/aromatic N) is 5. The van der Waals surface area contributed by atoms with E-state index >= 15 is 0 Å². The summed E-state index contributed by atoms with van der Waals surface area (Å²) in [7, 11) is 0. The molecule has 3 atom stereocenters. The number of thioether (sulfide) groups is 2. The first-order valence-corrected chi connectivity index (χ1v) is 10.8. The molecule has 2 aliphatic rings. The van der Waals surface area contributed by atoms with Gasteiger partial charge in [-0.15, -0.1) is 22.0 Å². The van der Waals surface area contributed by atoms with Crippen LogP contribution in [0.2, 0.25) is 0 Å². The highest BCUT2D eigenvalue weighted by atomic mass is 32.2. The van der Waals surface area contributed by atoms with Gasteiger partial charge in [0.1, 0.15) is 17.1 Å². The Morgan fingerprint density at radius 2 is 2.06 bits per heavy atom. The van der Waals surface area contributed by atoms with E-state index in [1.807, 2.05) is 0 Å². The smallest absolute Gasteiger partial charge is 0.352 e. The second-order valence-electron chi connectivity index (χ2n) is 6.51. The molecule has 0 aliphatic carbocycles. The highest BCUT2D eigenvalue weighted by Gasteiger charge is 2.54. The second-order valence-corrected chi connectivity index (χ2v) is 8.55. The largest absolute Gasteiger partial charge is 0.479 e. The number of hydrogen-bond acceptors (Lipinski definition) is 9. The van der Waals surface area contributed by atoms with Crippen molar-refractivity contribution in [3.05, 3.63) is 35.8 Å². The van der Waals surface area contributed by atoms with Crippen LogP contribution in [0.5, 0.6) is 0 Å². The van der Waals surface area contributed by atoms with E-state index in [4.69, 9.17) is 0 Å². The van der Waals surface area contributed by atoms with E-state index < -0.39 is 41.2 Å². The predicted molar refractivity (Wildman–Crippen MR) is 106 cm³/mol. The molecule has 2 amide bonds. The quantitative estimate of drug-likeness (QED) is 0.216. The molecule has 4 rings (SSSR count). The number of fused-ring (bicyclic) bond motifs is 1. The number of aromatic amines is 1. The van der Waals surface area contributed by atoms with Crippen LogP contribution >= 0.6 is 23.5 Å². The third-order valence-corrected chi connectivity index (χ3v) is 6.92. The molecule has 1 saturated heterocycles. The Kier molecular flexibility index (Phi) is 5.69. The molecule has 2 aromatic rings. The van der Waals surface area contributed by atoms with Crippen molar-refractivity contribution in [2.24, 2.45) is 0 Å². The van der Waals surface area contributed by atoms with E-state index in [1.165, 1.54) is 40.5 Å². The van der Waals surface area contributed by atoms with Gasteiger partial charge >= 0.3 is 11.9 Å². The third kappa shape index (κ3) is 3.88. The van der Waals surface area contributed by atoms with E-state index in [0.717, 1.165) is 4.90 Å². The zero-order valence-electron chi connectivity index (χ0n) is 15.5. The summed E-state index contributed by atoms with van der Waals surface area (Å²) in [5, 5.41) is 34.6. The zero-order valence-corrected chi connectivity index (χ0v) is 17.2. The molecule has 15 heteroatoms. The second kappa shape index (κ2) is 8.43. The Labute approximate surface area is 182 Å². The Hall–Kier alpha value is -3.33. The maximum atomic E-state index is 12.7. The Morgan fingerprint density at radius 3 is 2.68 bits per heavy atom. The summed E-state index contributed by atoms with van der Waals surface area (Å²) in [6.07, 6.45) is 2.86. The monoisotopic (exact) mass is 465 g/mol. The van der Waals surface area contributed by atoms with Crippen LogP contribution in [0, 0.1) is 0 Å². The molecule has 162 valence electrons. The van der Waals surface area contributed by atoms with Gasteiger partial charge in [-0.05, 0) is 22.9 Å². The fourth-order valence-corrected chi connectivity index (χ4v) is 5.51. The summed E-state index contributed by atoms with van der Waals surface area (Å²) in [4.78, 5) is 49.8. The first-order chi connectivity index (χ1) is 14.9. The van der Waals surface area contributed by atoms with Gasteiger partial charge in [-0.25, -0.2) is 9.59 Å². The topological polar surface area (TPSA) is 183 Å². The van der Waals surface area contributed by atoms with Crippen molar-refractivity contribution < 1.29 is 29.4 Å². The van der Waals surface area contributed by atoms with Crippen molar-refractivity contribution in [2.75, 3.05) is 11.5 Å². The standard InChI is InChI=1S/C16H15N7O6S2/c24-11(10(15(28)29)22-3-1-2-4-22)17-8-12(25)23-9(14(26)27)7(5-30-13(8)23)6-31-16-18-20-21-19-16/h1-4,8,10,13H,5-6H2,(H,17,24)(H,26,27)(H,28,29)(H,18,19,20,21). The lowest BCUT2D eigenvalue weighted by Gasteiger charge is -2.49. The maximum Gasteiger partial charge on any atom is 0.352 e. The van der Waals surface area contributed by atoms with Crippen LogP contribution in [0.4, 0.5) is 0 Å². The molecule has 31 heavy (non-hydrogen) atoms. The molecule has 4 heterocycles. The first-order valence-electron chi connectivity index (χ1n) is 8.80. The molecule has 13 nitrogen and oxygen atoms in total. The zero-order chi connectivity index (χ0) is 22.1. The molecule has 4 N–H and O–H groups in total. The number of amides is 2. The normalized spacial score (nSPS) is 21.3. The van der Waals surface area contributed by atoms with Gasteiger partial charge in [-0.1, -0.05) is 11.8 Å². The van der Waals surface area contributed by atoms with Gasteiger partial charge in [-0.2, -0.15) is 5.21 Å². The highest BCUT2D eigenvalue weighted by Crippen LogP contribution is 2.41. The molecule has 3 unspecified atom stereocenters. The van der Waals surface area contributed by atoms with Crippen LogP contribution in [0.1, 0.15) is 6.04 Å². The molecule has 0 bridgehead atoms. The third-order valence-electron chi connectivity index (χ3n) is 4.66. The van der Waals surface area contributed by atoms with Gasteiger partial charge in [0, 0.05) is 23.9 Å². The number of β-lactam (4-membered cyclic amide) rings is 1. The molecule has 0 saturated carbocycles. The molecular weight excluding hydrogens is 450 g/mol. The van der Waals surface area contributed by atoms with Gasteiger partial charge < -0.3 is 20.1 Å². The van der Waals surface area contributed by atoms with Gasteiger partial charge in [0.15, 0.2) is 0 Å². The summed E-state index contributed by atoms with van der Waals surface area (Å²) in [5.41, 5.74) is 0.368. The van der Waals surface area contributed by atoms with E-state index in [0.29, 0.717) is 16.5 Å². The number of carbonyl (C=O) groups is 4. The lowest BCUT2D eigenvalue weighted by molar-refractivity contribution is -0.153. The predicted octanol–water partition coefficient (Wildman–Crippen LogP) is -0.842. The fourth-order valence-electron chi connectivity index (χ4n) is 3.29.